The Labute approximate surface area is 391 Å². The highest BCUT2D eigenvalue weighted by molar-refractivity contribution is 7.92. The summed E-state index contributed by atoms with van der Waals surface area (Å²) in [4.78, 5) is 4.53. The molecule has 0 fully saturated rings. The lowest BCUT2D eigenvalue weighted by atomic mass is 9.70. The van der Waals surface area contributed by atoms with Crippen molar-refractivity contribution in [2.45, 2.75) is 115 Å². The molecule has 0 saturated heterocycles. The van der Waals surface area contributed by atoms with Gasteiger partial charge in [0.1, 0.15) is 12.7 Å². The molecule has 0 atom stereocenters. The molecule has 2 aromatic heterocycles. The van der Waals surface area contributed by atoms with E-state index in [9.17, 15) is 13.7 Å². The summed E-state index contributed by atoms with van der Waals surface area (Å²) in [5, 5.41) is 24.7. The molecule has 2 aliphatic rings. The van der Waals surface area contributed by atoms with Crippen molar-refractivity contribution in [2.24, 2.45) is 7.05 Å². The van der Waals surface area contributed by atoms with E-state index in [0.717, 1.165) is 34.4 Å². The van der Waals surface area contributed by atoms with Crippen molar-refractivity contribution in [3.05, 3.63) is 167 Å². The van der Waals surface area contributed by atoms with Crippen molar-refractivity contribution < 1.29 is 8.42 Å². The highest BCUT2D eigenvalue weighted by Gasteiger charge is 2.42. The van der Waals surface area contributed by atoms with E-state index in [4.69, 9.17) is 5.26 Å². The van der Waals surface area contributed by atoms with E-state index in [1.54, 1.807) is 29.2 Å². The molecule has 0 bridgehead atoms. The number of hydrogen-bond acceptors (Lipinski definition) is 6. The Morgan fingerprint density at radius 1 is 0.591 bits per heavy atom. The van der Waals surface area contributed by atoms with Crippen LogP contribution in [0.4, 0.5) is 0 Å². The molecule has 0 N–H and O–H groups in total. The van der Waals surface area contributed by atoms with Gasteiger partial charge in [-0.15, -0.1) is 0 Å². The minimum absolute atomic E-state index is 0.0928. The van der Waals surface area contributed by atoms with Crippen LogP contribution in [0.3, 0.4) is 0 Å². The average Bonchev–Trinajstić information content (AvgIpc) is 4.06. The molecule has 6 aromatic carbocycles. The quantitative estimate of drug-likeness (QED) is 0.142. The van der Waals surface area contributed by atoms with E-state index < -0.39 is 9.84 Å². The number of nitriles is 2. The zero-order chi connectivity index (χ0) is 47.0. The van der Waals surface area contributed by atoms with Gasteiger partial charge in [0.15, 0.2) is 0 Å². The zero-order valence-corrected chi connectivity index (χ0v) is 40.2. The maximum absolute atomic E-state index is 12.2. The van der Waals surface area contributed by atoms with Gasteiger partial charge in [0.25, 0.3) is 0 Å². The van der Waals surface area contributed by atoms with Crippen LogP contribution in [-0.2, 0) is 28.8 Å². The van der Waals surface area contributed by atoms with Crippen LogP contribution >= 0.6 is 0 Å². The van der Waals surface area contributed by atoms with E-state index >= 15 is 0 Å². The fourth-order valence-electron chi connectivity index (χ4n) is 9.54. The second kappa shape index (κ2) is 20.6. The highest BCUT2D eigenvalue weighted by atomic mass is 32.2. The highest BCUT2D eigenvalue weighted by Crippen LogP contribution is 2.54. The van der Waals surface area contributed by atoms with Gasteiger partial charge in [0.05, 0.1) is 33.1 Å². The van der Waals surface area contributed by atoms with Crippen LogP contribution in [0.2, 0.25) is 0 Å². The Bertz CT molecular complexity index is 3200. The van der Waals surface area contributed by atoms with Crippen molar-refractivity contribution in [2.75, 3.05) is 0 Å². The maximum atomic E-state index is 12.2. The van der Waals surface area contributed by atoms with E-state index in [1.165, 1.54) is 113 Å². The summed E-state index contributed by atoms with van der Waals surface area (Å²) in [6.45, 7) is 14.1. The second-order valence-corrected chi connectivity index (χ2v) is 19.5. The molecular formula is C57H60N6O2S. The molecule has 0 saturated carbocycles. The minimum Gasteiger partial charge on any atom is -0.340 e. The van der Waals surface area contributed by atoms with Crippen molar-refractivity contribution >= 4 is 31.6 Å². The smallest absolute Gasteiger partial charge is 0.207 e. The number of aromatic nitrogens is 4. The Morgan fingerprint density at radius 3 is 1.77 bits per heavy atom. The molecule has 0 radical (unpaired) electrons. The third-order valence-corrected chi connectivity index (χ3v) is 14.7. The van der Waals surface area contributed by atoms with E-state index in [2.05, 4.69) is 116 Å². The molecular weight excluding hydrogens is 833 g/mol. The Balaban J connectivity index is 0.000000140. The van der Waals surface area contributed by atoms with Crippen LogP contribution in [0.25, 0.3) is 44.1 Å². The molecule has 8 aromatic rings. The van der Waals surface area contributed by atoms with Gasteiger partial charge in [-0.1, -0.05) is 130 Å². The molecule has 10 rings (SSSR count). The molecule has 336 valence electrons. The normalized spacial score (nSPS) is 13.0. The van der Waals surface area contributed by atoms with Crippen molar-refractivity contribution in [3.63, 3.8) is 0 Å². The molecule has 1 aliphatic heterocycles. The summed E-state index contributed by atoms with van der Waals surface area (Å²) in [6, 6.07) is 43.0. The average molecular weight is 893 g/mol. The number of fused-ring (bicyclic) bond motifs is 9. The van der Waals surface area contributed by atoms with Crippen molar-refractivity contribution in [1.82, 2.24) is 19.3 Å². The first-order valence-corrected chi connectivity index (χ1v) is 24.7. The van der Waals surface area contributed by atoms with Gasteiger partial charge < -0.3 is 4.57 Å². The topological polar surface area (TPSA) is 117 Å². The third kappa shape index (κ3) is 9.46. The van der Waals surface area contributed by atoms with E-state index in [1.807, 2.05) is 56.4 Å². The van der Waals surface area contributed by atoms with Gasteiger partial charge in [-0.05, 0) is 117 Å². The Hall–Kier alpha value is -6.81. The molecule has 0 amide bonds. The fraction of sp³-hybridized carbons (Fsp3) is 0.298. The number of nitrogens with zero attached hydrogens (tertiary/aromatic N) is 6. The SMILES string of the molecule is CCCCC1(CCCC)c2cc(C)ccc2-c2ccc(C#N)cc21.CCCCn1c2ccc(C)cc2c2cc(C#N)ccc21.Cc1ccc2c(c1)-c1ccccc1S2(=O)=O.Cn1cncn1. The van der Waals surface area contributed by atoms with Gasteiger partial charge in [0, 0.05) is 51.9 Å². The van der Waals surface area contributed by atoms with Crippen LogP contribution in [0.15, 0.2) is 138 Å². The number of rotatable bonds is 9. The first kappa shape index (κ1) is 47.2. The fourth-order valence-corrected chi connectivity index (χ4v) is 11.2. The van der Waals surface area contributed by atoms with Gasteiger partial charge in [0.2, 0.25) is 9.84 Å². The second-order valence-electron chi connectivity index (χ2n) is 17.6. The van der Waals surface area contributed by atoms with Crippen LogP contribution in [0.5, 0.6) is 0 Å². The van der Waals surface area contributed by atoms with E-state index in [-0.39, 0.29) is 5.41 Å². The summed E-state index contributed by atoms with van der Waals surface area (Å²) < 4.78 is 28.4. The number of benzene rings is 6. The largest absolute Gasteiger partial charge is 0.340 e. The predicted molar refractivity (Wildman–Crippen MR) is 268 cm³/mol. The number of sulfone groups is 1. The lowest BCUT2D eigenvalue weighted by Crippen LogP contribution is -2.25. The Kier molecular flexibility index (Phi) is 14.7. The first-order valence-electron chi connectivity index (χ1n) is 23.2. The van der Waals surface area contributed by atoms with Crippen molar-refractivity contribution in [3.8, 4) is 34.4 Å². The van der Waals surface area contributed by atoms with Gasteiger partial charge in [-0.2, -0.15) is 15.6 Å². The predicted octanol–water partition coefficient (Wildman–Crippen LogP) is 13.9. The first-order chi connectivity index (χ1) is 31.9. The molecule has 3 heterocycles. The monoisotopic (exact) mass is 892 g/mol. The molecule has 8 nitrogen and oxygen atoms in total. The number of hydrogen-bond donors (Lipinski definition) is 0. The molecule has 0 spiro atoms. The summed E-state index contributed by atoms with van der Waals surface area (Å²) in [5.74, 6) is 0. The summed E-state index contributed by atoms with van der Waals surface area (Å²) in [6.07, 6.45) is 12.7. The van der Waals surface area contributed by atoms with Crippen LogP contribution in [0, 0.1) is 43.4 Å². The summed E-state index contributed by atoms with van der Waals surface area (Å²) in [5.41, 5.74) is 15.0. The van der Waals surface area contributed by atoms with Crippen molar-refractivity contribution in [1.29, 1.82) is 10.5 Å². The number of unbranched alkanes of at least 4 members (excludes halogenated alkanes) is 3. The van der Waals surface area contributed by atoms with Crippen LogP contribution in [0.1, 0.15) is 111 Å². The minimum atomic E-state index is -3.28. The van der Waals surface area contributed by atoms with Crippen LogP contribution in [-0.4, -0.2) is 27.7 Å². The summed E-state index contributed by atoms with van der Waals surface area (Å²) in [7, 11) is -1.46. The molecule has 66 heavy (non-hydrogen) atoms. The molecule has 1 aliphatic carbocycles. The number of aryl methyl sites for hydroxylation is 5. The zero-order valence-electron chi connectivity index (χ0n) is 39.4. The lowest BCUT2D eigenvalue weighted by Gasteiger charge is -2.33. The third-order valence-electron chi connectivity index (χ3n) is 12.9. The lowest BCUT2D eigenvalue weighted by molar-refractivity contribution is 0.414. The van der Waals surface area contributed by atoms with Gasteiger partial charge in [-0.25, -0.2) is 13.4 Å². The standard InChI is InChI=1S/C23H27N.C18H18N2.C13H10O2S.C3H5N3/c1-4-6-12-23(13-7-5-2)21-14-17(3)8-10-19(21)20-11-9-18(16-24)15-22(20)23;1-3-4-9-20-17-7-5-13(2)10-15(17)16-11-14(12-19)6-8-18(16)20;1-9-6-7-13-11(8-9)10-4-2-3-5-12(10)16(13,14)15;1-6-3-4-2-5-6/h8-11,14-15H,4-7,12-13H2,1-3H3;5-8,10-11H,3-4,9H2,1-2H3;2-8H,1H3;2-3H,1H3. The summed E-state index contributed by atoms with van der Waals surface area (Å²) >= 11 is 0. The maximum Gasteiger partial charge on any atom is 0.207 e. The van der Waals surface area contributed by atoms with Crippen LogP contribution < -0.4 is 0 Å². The van der Waals surface area contributed by atoms with Gasteiger partial charge in [-0.3, -0.25) is 4.68 Å². The molecule has 0 unspecified atom stereocenters. The van der Waals surface area contributed by atoms with Gasteiger partial charge >= 0.3 is 0 Å². The Morgan fingerprint density at radius 2 is 1.14 bits per heavy atom. The molecule has 9 heteroatoms. The van der Waals surface area contributed by atoms with E-state index in [0.29, 0.717) is 9.79 Å².